The molecule has 0 aliphatic heterocycles. The van der Waals surface area contributed by atoms with E-state index >= 15 is 0 Å². The number of ether oxygens (including phenoxy) is 1. The van der Waals surface area contributed by atoms with Gasteiger partial charge in [-0.05, 0) is 36.6 Å². The van der Waals surface area contributed by atoms with E-state index in [1.807, 2.05) is 36.5 Å². The van der Waals surface area contributed by atoms with Crippen LogP contribution in [0.15, 0.2) is 42.7 Å². The van der Waals surface area contributed by atoms with Crippen LogP contribution in [0.1, 0.15) is 24.5 Å². The standard InChI is InChI=1S/C17H21ClN2O/c1-2-14(19)11-15-16(18)6-3-7-17(15)21-10-8-13-5-4-9-20-12-13/h3-7,9,12,14H,2,8,10-11,19H2,1H3. The molecule has 2 aromatic rings. The molecule has 1 atom stereocenters. The Bertz CT molecular complexity index is 560. The molecule has 0 spiro atoms. The van der Waals surface area contributed by atoms with Crippen LogP contribution in [0.3, 0.4) is 0 Å². The van der Waals surface area contributed by atoms with Crippen LogP contribution in [0.4, 0.5) is 0 Å². The van der Waals surface area contributed by atoms with E-state index in [2.05, 4.69) is 11.9 Å². The van der Waals surface area contributed by atoms with Gasteiger partial charge in [0.25, 0.3) is 0 Å². The highest BCUT2D eigenvalue weighted by atomic mass is 35.5. The third-order valence-electron chi connectivity index (χ3n) is 3.44. The number of nitrogens with two attached hydrogens (primary N) is 1. The molecular formula is C17H21ClN2O. The van der Waals surface area contributed by atoms with Gasteiger partial charge in [0.1, 0.15) is 5.75 Å². The molecule has 0 aliphatic carbocycles. The smallest absolute Gasteiger partial charge is 0.124 e. The molecule has 1 aromatic carbocycles. The quantitative estimate of drug-likeness (QED) is 0.849. The monoisotopic (exact) mass is 304 g/mol. The maximum atomic E-state index is 6.28. The van der Waals surface area contributed by atoms with Crippen molar-refractivity contribution in [3.63, 3.8) is 0 Å². The van der Waals surface area contributed by atoms with Crippen LogP contribution in [-0.4, -0.2) is 17.6 Å². The Morgan fingerprint density at radius 3 is 2.86 bits per heavy atom. The molecule has 0 fully saturated rings. The van der Waals surface area contributed by atoms with Crippen molar-refractivity contribution in [2.45, 2.75) is 32.2 Å². The van der Waals surface area contributed by atoms with Crippen LogP contribution in [0.2, 0.25) is 5.02 Å². The first-order valence-corrected chi connectivity index (χ1v) is 7.63. The molecule has 21 heavy (non-hydrogen) atoms. The number of halogens is 1. The van der Waals surface area contributed by atoms with Crippen LogP contribution in [0.5, 0.6) is 5.75 Å². The molecule has 112 valence electrons. The number of pyridine rings is 1. The van der Waals surface area contributed by atoms with Gasteiger partial charge < -0.3 is 10.5 Å². The SMILES string of the molecule is CCC(N)Cc1c(Cl)cccc1OCCc1cccnc1. The summed E-state index contributed by atoms with van der Waals surface area (Å²) in [6, 6.07) is 9.82. The Morgan fingerprint density at radius 2 is 2.14 bits per heavy atom. The van der Waals surface area contributed by atoms with Gasteiger partial charge in [0, 0.05) is 35.4 Å². The molecule has 4 heteroatoms. The second-order valence-corrected chi connectivity index (χ2v) is 5.46. The van der Waals surface area contributed by atoms with Crippen molar-refractivity contribution in [2.24, 2.45) is 5.73 Å². The van der Waals surface area contributed by atoms with E-state index in [9.17, 15) is 0 Å². The number of rotatable bonds is 7. The normalized spacial score (nSPS) is 12.1. The zero-order chi connectivity index (χ0) is 15.1. The summed E-state index contributed by atoms with van der Waals surface area (Å²) in [6.45, 7) is 2.67. The van der Waals surface area contributed by atoms with Gasteiger partial charge in [-0.15, -0.1) is 0 Å². The highest BCUT2D eigenvalue weighted by molar-refractivity contribution is 6.31. The van der Waals surface area contributed by atoms with Gasteiger partial charge in [-0.1, -0.05) is 30.7 Å². The minimum atomic E-state index is 0.102. The molecule has 0 saturated heterocycles. The summed E-state index contributed by atoms with van der Waals surface area (Å²) in [5, 5.41) is 0.720. The first-order valence-electron chi connectivity index (χ1n) is 7.25. The highest BCUT2D eigenvalue weighted by Crippen LogP contribution is 2.28. The molecule has 1 aromatic heterocycles. The predicted octanol–water partition coefficient (Wildman–Crippen LogP) is 3.64. The maximum Gasteiger partial charge on any atom is 0.124 e. The lowest BCUT2D eigenvalue weighted by Crippen LogP contribution is -2.22. The fraction of sp³-hybridized carbons (Fsp3) is 0.353. The lowest BCUT2D eigenvalue weighted by molar-refractivity contribution is 0.317. The number of nitrogens with zero attached hydrogens (tertiary/aromatic N) is 1. The summed E-state index contributed by atoms with van der Waals surface area (Å²) in [6.07, 6.45) is 6.10. The van der Waals surface area contributed by atoms with Crippen molar-refractivity contribution in [3.05, 3.63) is 58.9 Å². The fourth-order valence-corrected chi connectivity index (χ4v) is 2.35. The zero-order valence-electron chi connectivity index (χ0n) is 12.3. The molecule has 0 saturated carbocycles. The van der Waals surface area contributed by atoms with Crippen molar-refractivity contribution >= 4 is 11.6 Å². The third-order valence-corrected chi connectivity index (χ3v) is 3.79. The number of hydrogen-bond donors (Lipinski definition) is 1. The molecule has 0 bridgehead atoms. The van der Waals surface area contributed by atoms with Crippen molar-refractivity contribution in [2.75, 3.05) is 6.61 Å². The zero-order valence-corrected chi connectivity index (χ0v) is 13.0. The predicted molar refractivity (Wildman–Crippen MR) is 86.9 cm³/mol. The molecule has 2 N–H and O–H groups in total. The van der Waals surface area contributed by atoms with Gasteiger partial charge >= 0.3 is 0 Å². The Labute approximate surface area is 131 Å². The van der Waals surface area contributed by atoms with Crippen molar-refractivity contribution < 1.29 is 4.74 Å². The van der Waals surface area contributed by atoms with Gasteiger partial charge in [-0.3, -0.25) is 4.98 Å². The average Bonchev–Trinajstić information content (AvgIpc) is 2.51. The van der Waals surface area contributed by atoms with Crippen LogP contribution >= 0.6 is 11.6 Å². The third kappa shape index (κ3) is 4.73. The van der Waals surface area contributed by atoms with E-state index in [1.165, 1.54) is 0 Å². The van der Waals surface area contributed by atoms with E-state index in [4.69, 9.17) is 22.1 Å². The summed E-state index contributed by atoms with van der Waals surface area (Å²) in [5.41, 5.74) is 8.20. The van der Waals surface area contributed by atoms with Crippen LogP contribution in [0, 0.1) is 0 Å². The van der Waals surface area contributed by atoms with E-state index in [1.54, 1.807) is 6.20 Å². The van der Waals surface area contributed by atoms with Crippen molar-refractivity contribution in [3.8, 4) is 5.75 Å². The summed E-state index contributed by atoms with van der Waals surface area (Å²) in [4.78, 5) is 4.10. The van der Waals surface area contributed by atoms with Crippen LogP contribution < -0.4 is 10.5 Å². The molecule has 0 aliphatic rings. The number of hydrogen-bond acceptors (Lipinski definition) is 3. The Morgan fingerprint density at radius 1 is 1.29 bits per heavy atom. The summed E-state index contributed by atoms with van der Waals surface area (Å²) < 4.78 is 5.90. The molecule has 0 amide bonds. The van der Waals surface area contributed by atoms with Crippen molar-refractivity contribution in [1.29, 1.82) is 0 Å². The molecule has 3 nitrogen and oxygen atoms in total. The second kappa shape index (κ2) is 8.01. The van der Waals surface area contributed by atoms with Crippen molar-refractivity contribution in [1.82, 2.24) is 4.98 Å². The average molecular weight is 305 g/mol. The second-order valence-electron chi connectivity index (χ2n) is 5.05. The molecule has 1 heterocycles. The molecule has 0 radical (unpaired) electrons. The summed E-state index contributed by atoms with van der Waals surface area (Å²) in [5.74, 6) is 0.829. The summed E-state index contributed by atoms with van der Waals surface area (Å²) in [7, 11) is 0. The highest BCUT2D eigenvalue weighted by Gasteiger charge is 2.11. The minimum Gasteiger partial charge on any atom is -0.493 e. The Kier molecular flexibility index (Phi) is 6.03. The molecule has 2 rings (SSSR count). The first kappa shape index (κ1) is 15.8. The van der Waals surface area contributed by atoms with E-state index in [0.717, 1.165) is 41.2 Å². The minimum absolute atomic E-state index is 0.102. The van der Waals surface area contributed by atoms with E-state index < -0.39 is 0 Å². The van der Waals surface area contributed by atoms with Gasteiger partial charge in [-0.25, -0.2) is 0 Å². The largest absolute Gasteiger partial charge is 0.493 e. The topological polar surface area (TPSA) is 48.1 Å². The Hall–Kier alpha value is -1.58. The first-order chi connectivity index (χ1) is 10.2. The van der Waals surface area contributed by atoms with Crippen LogP contribution in [-0.2, 0) is 12.8 Å². The Balaban J connectivity index is 2.00. The fourth-order valence-electron chi connectivity index (χ4n) is 2.10. The van der Waals surface area contributed by atoms with Crippen LogP contribution in [0.25, 0.3) is 0 Å². The van der Waals surface area contributed by atoms with E-state index in [-0.39, 0.29) is 6.04 Å². The van der Waals surface area contributed by atoms with Gasteiger partial charge in [0.2, 0.25) is 0 Å². The van der Waals surface area contributed by atoms with Gasteiger partial charge in [-0.2, -0.15) is 0 Å². The molecule has 1 unspecified atom stereocenters. The maximum absolute atomic E-state index is 6.28. The lowest BCUT2D eigenvalue weighted by atomic mass is 10.0. The summed E-state index contributed by atoms with van der Waals surface area (Å²) >= 11 is 6.28. The lowest BCUT2D eigenvalue weighted by Gasteiger charge is -2.15. The number of aromatic nitrogens is 1. The van der Waals surface area contributed by atoms with Gasteiger partial charge in [0.05, 0.1) is 6.61 Å². The number of benzene rings is 1. The van der Waals surface area contributed by atoms with Gasteiger partial charge in [0.15, 0.2) is 0 Å². The molecular weight excluding hydrogens is 284 g/mol. The van der Waals surface area contributed by atoms with E-state index in [0.29, 0.717) is 6.61 Å².